The first kappa shape index (κ1) is 14.1. The molecule has 4 amide bonds. The van der Waals surface area contributed by atoms with Crippen molar-refractivity contribution in [3.05, 3.63) is 32.6 Å². The maximum Gasteiger partial charge on any atom is 0.263 e. The van der Waals surface area contributed by atoms with E-state index in [2.05, 4.69) is 5.32 Å². The number of carbonyl (C=O) groups excluding carboxylic acids is 4. The number of rotatable bonds is 1. The summed E-state index contributed by atoms with van der Waals surface area (Å²) in [5, 5.41) is 2.10. The number of piperidine rings is 1. The van der Waals surface area contributed by atoms with Gasteiger partial charge in [-0.3, -0.25) is 29.4 Å². The van der Waals surface area contributed by atoms with Gasteiger partial charge in [-0.1, -0.05) is 0 Å². The summed E-state index contributed by atoms with van der Waals surface area (Å²) in [6, 6.07) is 1.31. The van der Waals surface area contributed by atoms with Gasteiger partial charge in [0.05, 0.1) is 14.7 Å². The second-order valence-electron chi connectivity index (χ2n) is 4.73. The third-order valence-corrected chi connectivity index (χ3v) is 4.55. The number of nitrogens with one attached hydrogen (secondary N) is 1. The molecule has 1 fully saturated rings. The van der Waals surface area contributed by atoms with Crippen molar-refractivity contribution in [3.8, 4) is 0 Å². The van der Waals surface area contributed by atoms with Crippen molar-refractivity contribution in [2.75, 3.05) is 0 Å². The topological polar surface area (TPSA) is 83.6 Å². The summed E-state index contributed by atoms with van der Waals surface area (Å²) in [4.78, 5) is 48.5. The quantitative estimate of drug-likeness (QED) is 0.558. The Morgan fingerprint density at radius 1 is 1.19 bits per heavy atom. The average molecular weight is 402 g/mol. The number of hydrogen-bond acceptors (Lipinski definition) is 4. The molecule has 0 saturated carbocycles. The summed E-state index contributed by atoms with van der Waals surface area (Å²) in [7, 11) is 0. The molecule has 0 aromatic heterocycles. The Bertz CT molecular complexity index is 718. The summed E-state index contributed by atoms with van der Waals surface area (Å²) in [5.41, 5.74) is 0.0563. The molecule has 0 bridgehead atoms. The maximum atomic E-state index is 13.6. The van der Waals surface area contributed by atoms with Crippen LogP contribution in [0.3, 0.4) is 0 Å². The van der Waals surface area contributed by atoms with Crippen molar-refractivity contribution in [2.24, 2.45) is 0 Å². The second-order valence-corrected chi connectivity index (χ2v) is 5.81. The van der Waals surface area contributed by atoms with Crippen molar-refractivity contribution in [1.29, 1.82) is 0 Å². The Hall–Kier alpha value is -1.84. The monoisotopic (exact) mass is 402 g/mol. The Morgan fingerprint density at radius 2 is 1.90 bits per heavy atom. The number of benzene rings is 1. The second kappa shape index (κ2) is 4.86. The molecular weight excluding hydrogens is 394 g/mol. The van der Waals surface area contributed by atoms with E-state index in [0.29, 0.717) is 0 Å². The van der Waals surface area contributed by atoms with Gasteiger partial charge in [-0.2, -0.15) is 0 Å². The smallest absolute Gasteiger partial charge is 0.263 e. The molecule has 3 rings (SSSR count). The summed E-state index contributed by atoms with van der Waals surface area (Å²) in [5.74, 6) is -3.05. The van der Waals surface area contributed by atoms with Gasteiger partial charge >= 0.3 is 0 Å². The standard InChI is InChI=1S/C13H8FIN2O4/c14-6-2-1-5-9(10(6)15)13(21)17(12(5)20)7-3-4-8(18)16-11(7)19/h1-2,7H,3-4H2,(H,16,18,19)/t7-/m0/s1. The fourth-order valence-electron chi connectivity index (χ4n) is 2.49. The number of nitrogens with zero attached hydrogens (tertiary/aromatic N) is 1. The third-order valence-electron chi connectivity index (χ3n) is 3.50. The van der Waals surface area contributed by atoms with Gasteiger partial charge in [0.15, 0.2) is 0 Å². The van der Waals surface area contributed by atoms with Crippen molar-refractivity contribution < 1.29 is 23.6 Å². The summed E-state index contributed by atoms with van der Waals surface area (Å²) in [6.45, 7) is 0. The van der Waals surface area contributed by atoms with Crippen molar-refractivity contribution in [3.63, 3.8) is 0 Å². The van der Waals surface area contributed by atoms with Crippen LogP contribution in [0.15, 0.2) is 12.1 Å². The average Bonchev–Trinajstić information content (AvgIpc) is 2.67. The molecule has 1 N–H and O–H groups in total. The minimum Gasteiger partial charge on any atom is -0.295 e. The van der Waals surface area contributed by atoms with Crippen LogP contribution in [0.4, 0.5) is 4.39 Å². The van der Waals surface area contributed by atoms with E-state index in [4.69, 9.17) is 0 Å². The molecule has 0 radical (unpaired) electrons. The van der Waals surface area contributed by atoms with Gasteiger partial charge in [0, 0.05) is 6.42 Å². The van der Waals surface area contributed by atoms with Crippen LogP contribution in [-0.2, 0) is 9.59 Å². The van der Waals surface area contributed by atoms with Crippen LogP contribution >= 0.6 is 22.6 Å². The lowest BCUT2D eigenvalue weighted by molar-refractivity contribution is -0.136. The minimum absolute atomic E-state index is 0.0229. The normalized spacial score (nSPS) is 21.6. The van der Waals surface area contributed by atoms with E-state index in [1.807, 2.05) is 0 Å². The van der Waals surface area contributed by atoms with Crippen LogP contribution in [0.25, 0.3) is 0 Å². The molecular formula is C13H8FIN2O4. The highest BCUT2D eigenvalue weighted by Gasteiger charge is 2.45. The molecule has 0 spiro atoms. The predicted octanol–water partition coefficient (Wildman–Crippen LogP) is 0.832. The van der Waals surface area contributed by atoms with E-state index in [1.54, 1.807) is 22.6 Å². The SMILES string of the molecule is O=C1CC[C@H](N2C(=O)c3ccc(F)c(I)c3C2=O)C(=O)N1. The molecule has 1 atom stereocenters. The zero-order valence-electron chi connectivity index (χ0n) is 10.5. The van der Waals surface area contributed by atoms with Crippen molar-refractivity contribution in [1.82, 2.24) is 10.2 Å². The Morgan fingerprint density at radius 3 is 2.57 bits per heavy atom. The lowest BCUT2D eigenvalue weighted by Gasteiger charge is -2.27. The van der Waals surface area contributed by atoms with Gasteiger partial charge in [0.25, 0.3) is 11.8 Å². The molecule has 2 heterocycles. The van der Waals surface area contributed by atoms with Gasteiger partial charge in [0.1, 0.15) is 11.9 Å². The fraction of sp³-hybridized carbons (Fsp3) is 0.231. The lowest BCUT2D eigenvalue weighted by atomic mass is 10.0. The van der Waals surface area contributed by atoms with E-state index >= 15 is 0 Å². The van der Waals surface area contributed by atoms with Crippen LogP contribution in [0, 0.1) is 9.39 Å². The van der Waals surface area contributed by atoms with Gasteiger partial charge < -0.3 is 0 Å². The maximum absolute atomic E-state index is 13.6. The van der Waals surface area contributed by atoms with Gasteiger partial charge in [-0.15, -0.1) is 0 Å². The van der Waals surface area contributed by atoms with Crippen LogP contribution in [0.1, 0.15) is 33.6 Å². The van der Waals surface area contributed by atoms with Crippen molar-refractivity contribution >= 4 is 46.2 Å². The third kappa shape index (κ3) is 2.04. The van der Waals surface area contributed by atoms with Gasteiger partial charge in [0.2, 0.25) is 11.8 Å². The van der Waals surface area contributed by atoms with Crippen LogP contribution in [0.5, 0.6) is 0 Å². The molecule has 1 aromatic carbocycles. The number of hydrogen-bond donors (Lipinski definition) is 1. The zero-order valence-corrected chi connectivity index (χ0v) is 12.6. The zero-order chi connectivity index (χ0) is 15.3. The van der Waals surface area contributed by atoms with Crippen LogP contribution < -0.4 is 5.32 Å². The summed E-state index contributed by atoms with van der Waals surface area (Å²) < 4.78 is 13.6. The molecule has 2 aliphatic rings. The molecule has 0 unspecified atom stereocenters. The Kier molecular flexibility index (Phi) is 3.27. The first-order chi connectivity index (χ1) is 9.91. The molecule has 1 aromatic rings. The first-order valence-corrected chi connectivity index (χ1v) is 7.19. The van der Waals surface area contributed by atoms with E-state index in [-0.39, 0.29) is 27.5 Å². The first-order valence-electron chi connectivity index (χ1n) is 6.11. The molecule has 6 nitrogen and oxygen atoms in total. The van der Waals surface area contributed by atoms with E-state index in [1.165, 1.54) is 6.07 Å². The highest BCUT2D eigenvalue weighted by atomic mass is 127. The Labute approximate surface area is 131 Å². The Balaban J connectivity index is 2.02. The van der Waals surface area contributed by atoms with Gasteiger partial charge in [-0.05, 0) is 41.1 Å². The summed E-state index contributed by atoms with van der Waals surface area (Å²) >= 11 is 1.66. The van der Waals surface area contributed by atoms with E-state index in [9.17, 15) is 23.6 Å². The summed E-state index contributed by atoms with van der Waals surface area (Å²) in [6.07, 6.45) is 0.129. The van der Waals surface area contributed by atoms with Gasteiger partial charge in [-0.25, -0.2) is 4.39 Å². The number of carbonyl (C=O) groups is 4. The highest BCUT2D eigenvalue weighted by Crippen LogP contribution is 2.31. The number of amides is 4. The van der Waals surface area contributed by atoms with E-state index < -0.39 is 35.5 Å². The van der Waals surface area contributed by atoms with Crippen molar-refractivity contribution in [2.45, 2.75) is 18.9 Å². The molecule has 2 aliphatic heterocycles. The van der Waals surface area contributed by atoms with E-state index in [0.717, 1.165) is 11.0 Å². The largest absolute Gasteiger partial charge is 0.295 e. The fourth-order valence-corrected chi connectivity index (χ4v) is 3.19. The molecule has 108 valence electrons. The number of imide groups is 2. The molecule has 1 saturated heterocycles. The molecule has 8 heteroatoms. The van der Waals surface area contributed by atoms with Crippen LogP contribution in [0.2, 0.25) is 0 Å². The van der Waals surface area contributed by atoms with Crippen LogP contribution in [-0.4, -0.2) is 34.6 Å². The molecule has 21 heavy (non-hydrogen) atoms. The molecule has 0 aliphatic carbocycles. The predicted molar refractivity (Wildman–Crippen MR) is 75.8 cm³/mol. The highest BCUT2D eigenvalue weighted by molar-refractivity contribution is 14.1. The lowest BCUT2D eigenvalue weighted by Crippen LogP contribution is -2.54. The number of fused-ring (bicyclic) bond motifs is 1. The minimum atomic E-state index is -1.03. The number of halogens is 2.